The van der Waals surface area contributed by atoms with Crippen LogP contribution in [0.5, 0.6) is 0 Å². The Morgan fingerprint density at radius 3 is 2.55 bits per heavy atom. The van der Waals surface area contributed by atoms with E-state index in [0.717, 1.165) is 32.4 Å². The van der Waals surface area contributed by atoms with Crippen LogP contribution in [-0.2, 0) is 5.75 Å². The third-order valence-corrected chi connectivity index (χ3v) is 6.53. The van der Waals surface area contributed by atoms with Crippen LogP contribution < -0.4 is 5.43 Å². The summed E-state index contributed by atoms with van der Waals surface area (Å²) in [7, 11) is 0. The first-order valence-corrected chi connectivity index (χ1v) is 10.8. The standard InChI is InChI=1S/C22H18N4OS2/c1-15(17-10-12-23-13-11-17)25-26-21(27)18-8-6-16(7-9-18)14-28-22-24-19-4-2-3-5-20(19)29-22/h2-13H,14H2,1H3,(H,26,27)/b25-15-. The van der Waals surface area contributed by atoms with Gasteiger partial charge in [-0.3, -0.25) is 9.78 Å². The number of para-hydroxylation sites is 1. The molecule has 0 saturated carbocycles. The van der Waals surface area contributed by atoms with Gasteiger partial charge in [-0.05, 0) is 48.9 Å². The van der Waals surface area contributed by atoms with Crippen molar-refractivity contribution in [3.8, 4) is 0 Å². The van der Waals surface area contributed by atoms with Gasteiger partial charge in [-0.25, -0.2) is 10.4 Å². The second-order valence-corrected chi connectivity index (χ2v) is 8.56. The SMILES string of the molecule is C/C(=N/NC(=O)c1ccc(CSc2nc3ccccc3s2)cc1)c1ccncc1. The minimum atomic E-state index is -0.233. The molecule has 0 aliphatic heterocycles. The van der Waals surface area contributed by atoms with E-state index >= 15 is 0 Å². The highest BCUT2D eigenvalue weighted by molar-refractivity contribution is 8.00. The fourth-order valence-corrected chi connectivity index (χ4v) is 4.69. The number of carbonyl (C=O) groups is 1. The Morgan fingerprint density at radius 2 is 1.79 bits per heavy atom. The number of thioether (sulfide) groups is 1. The molecule has 29 heavy (non-hydrogen) atoms. The van der Waals surface area contributed by atoms with Crippen LogP contribution in [-0.4, -0.2) is 21.6 Å². The Kier molecular flexibility index (Phi) is 5.97. The number of benzene rings is 2. The van der Waals surface area contributed by atoms with E-state index in [1.54, 1.807) is 35.5 Å². The number of rotatable bonds is 6. The van der Waals surface area contributed by atoms with E-state index in [1.807, 2.05) is 61.5 Å². The quantitative estimate of drug-likeness (QED) is 0.268. The van der Waals surface area contributed by atoms with Crippen molar-refractivity contribution >= 4 is 44.9 Å². The molecule has 1 N–H and O–H groups in total. The zero-order valence-corrected chi connectivity index (χ0v) is 17.3. The van der Waals surface area contributed by atoms with E-state index in [1.165, 1.54) is 4.70 Å². The van der Waals surface area contributed by atoms with Gasteiger partial charge in [0.25, 0.3) is 5.91 Å². The fraction of sp³-hybridized carbons (Fsp3) is 0.0909. The average molecular weight is 419 g/mol. The first-order chi connectivity index (χ1) is 14.2. The molecule has 0 spiro atoms. The summed E-state index contributed by atoms with van der Waals surface area (Å²) in [5, 5.41) is 4.17. The maximum Gasteiger partial charge on any atom is 0.271 e. The van der Waals surface area contributed by atoms with E-state index < -0.39 is 0 Å². The Balaban J connectivity index is 1.35. The van der Waals surface area contributed by atoms with Gasteiger partial charge in [-0.2, -0.15) is 5.10 Å². The summed E-state index contributed by atoms with van der Waals surface area (Å²) in [6, 6.07) is 19.4. The zero-order chi connectivity index (χ0) is 20.1. The molecule has 0 aliphatic rings. The Hall–Kier alpha value is -3.03. The number of nitrogens with one attached hydrogen (secondary N) is 1. The lowest BCUT2D eigenvalue weighted by Gasteiger charge is -2.04. The van der Waals surface area contributed by atoms with Gasteiger partial charge in [-0.15, -0.1) is 11.3 Å². The first kappa shape index (κ1) is 19.3. The van der Waals surface area contributed by atoms with Gasteiger partial charge in [-0.1, -0.05) is 36.0 Å². The van der Waals surface area contributed by atoms with Crippen LogP contribution in [0.1, 0.15) is 28.4 Å². The minimum absolute atomic E-state index is 0.233. The predicted molar refractivity (Wildman–Crippen MR) is 120 cm³/mol. The Bertz CT molecular complexity index is 1120. The lowest BCUT2D eigenvalue weighted by Crippen LogP contribution is -2.19. The summed E-state index contributed by atoms with van der Waals surface area (Å²) in [5.74, 6) is 0.574. The highest BCUT2D eigenvalue weighted by atomic mass is 32.2. The molecule has 4 aromatic rings. The van der Waals surface area contributed by atoms with Crippen LogP contribution >= 0.6 is 23.1 Å². The van der Waals surface area contributed by atoms with Gasteiger partial charge in [0.05, 0.1) is 15.9 Å². The first-order valence-electron chi connectivity index (χ1n) is 9.01. The van der Waals surface area contributed by atoms with Crippen molar-refractivity contribution < 1.29 is 4.79 Å². The monoisotopic (exact) mass is 418 g/mol. The summed E-state index contributed by atoms with van der Waals surface area (Å²) in [5.41, 5.74) is 7.00. The van der Waals surface area contributed by atoms with Crippen LogP contribution in [0.2, 0.25) is 0 Å². The van der Waals surface area contributed by atoms with Crippen molar-refractivity contribution in [2.75, 3.05) is 0 Å². The van der Waals surface area contributed by atoms with Crippen molar-refractivity contribution in [2.24, 2.45) is 5.10 Å². The third-order valence-electron chi connectivity index (χ3n) is 4.28. The van der Waals surface area contributed by atoms with Crippen LogP contribution in [0.4, 0.5) is 0 Å². The smallest absolute Gasteiger partial charge is 0.267 e. The van der Waals surface area contributed by atoms with E-state index in [4.69, 9.17) is 0 Å². The van der Waals surface area contributed by atoms with Gasteiger partial charge >= 0.3 is 0 Å². The average Bonchev–Trinajstić information content (AvgIpc) is 3.20. The van der Waals surface area contributed by atoms with Crippen molar-refractivity contribution in [2.45, 2.75) is 17.0 Å². The highest BCUT2D eigenvalue weighted by Gasteiger charge is 2.07. The van der Waals surface area contributed by atoms with Gasteiger partial charge in [0.2, 0.25) is 0 Å². The molecular formula is C22H18N4OS2. The van der Waals surface area contributed by atoms with Crippen LogP contribution in [0, 0.1) is 0 Å². The number of nitrogens with zero attached hydrogens (tertiary/aromatic N) is 3. The molecule has 2 aromatic carbocycles. The molecule has 0 aliphatic carbocycles. The van der Waals surface area contributed by atoms with E-state index in [2.05, 4.69) is 26.6 Å². The second-order valence-electron chi connectivity index (χ2n) is 6.31. The van der Waals surface area contributed by atoms with Gasteiger partial charge in [0.15, 0.2) is 4.34 Å². The number of hydrazone groups is 1. The second kappa shape index (κ2) is 8.98. The topological polar surface area (TPSA) is 67.2 Å². The minimum Gasteiger partial charge on any atom is -0.267 e. The largest absolute Gasteiger partial charge is 0.271 e. The Labute approximate surface area is 176 Å². The normalized spacial score (nSPS) is 11.6. The van der Waals surface area contributed by atoms with E-state index in [0.29, 0.717) is 5.56 Å². The van der Waals surface area contributed by atoms with Crippen molar-refractivity contribution in [1.82, 2.24) is 15.4 Å². The van der Waals surface area contributed by atoms with Crippen molar-refractivity contribution in [3.05, 3.63) is 89.7 Å². The zero-order valence-electron chi connectivity index (χ0n) is 15.7. The van der Waals surface area contributed by atoms with E-state index in [-0.39, 0.29) is 5.91 Å². The summed E-state index contributed by atoms with van der Waals surface area (Å²) in [4.78, 5) is 20.9. The maximum atomic E-state index is 12.3. The predicted octanol–water partition coefficient (Wildman–Crippen LogP) is 5.14. The summed E-state index contributed by atoms with van der Waals surface area (Å²) in [6.45, 7) is 1.85. The molecule has 144 valence electrons. The number of hydrogen-bond donors (Lipinski definition) is 1. The van der Waals surface area contributed by atoms with Crippen LogP contribution in [0.25, 0.3) is 10.2 Å². The number of carbonyl (C=O) groups excluding carboxylic acids is 1. The van der Waals surface area contributed by atoms with Gasteiger partial charge < -0.3 is 0 Å². The molecular weight excluding hydrogens is 400 g/mol. The lowest BCUT2D eigenvalue weighted by atomic mass is 10.1. The molecule has 0 atom stereocenters. The number of fused-ring (bicyclic) bond motifs is 1. The molecule has 7 heteroatoms. The van der Waals surface area contributed by atoms with Crippen molar-refractivity contribution in [3.63, 3.8) is 0 Å². The highest BCUT2D eigenvalue weighted by Crippen LogP contribution is 2.31. The number of thiazole rings is 1. The molecule has 0 radical (unpaired) electrons. The Morgan fingerprint density at radius 1 is 1.03 bits per heavy atom. The number of hydrogen-bond acceptors (Lipinski definition) is 6. The summed E-state index contributed by atoms with van der Waals surface area (Å²) < 4.78 is 2.25. The van der Waals surface area contributed by atoms with Gasteiger partial charge in [0, 0.05) is 29.3 Å². The lowest BCUT2D eigenvalue weighted by molar-refractivity contribution is 0.0955. The van der Waals surface area contributed by atoms with Crippen LogP contribution in [0.3, 0.4) is 0 Å². The van der Waals surface area contributed by atoms with Gasteiger partial charge in [0.1, 0.15) is 0 Å². The summed E-state index contributed by atoms with van der Waals surface area (Å²) in [6.07, 6.45) is 3.39. The molecule has 0 bridgehead atoms. The number of amides is 1. The van der Waals surface area contributed by atoms with Crippen molar-refractivity contribution in [1.29, 1.82) is 0 Å². The molecule has 5 nitrogen and oxygen atoms in total. The summed E-state index contributed by atoms with van der Waals surface area (Å²) >= 11 is 3.41. The number of pyridine rings is 1. The molecule has 2 aromatic heterocycles. The molecule has 1 amide bonds. The van der Waals surface area contributed by atoms with Crippen LogP contribution in [0.15, 0.2) is 82.5 Å². The van der Waals surface area contributed by atoms with E-state index in [9.17, 15) is 4.79 Å². The fourth-order valence-electron chi connectivity index (χ4n) is 2.67. The molecule has 0 fully saturated rings. The molecule has 4 rings (SSSR count). The molecule has 0 saturated heterocycles. The number of aromatic nitrogens is 2. The molecule has 0 unspecified atom stereocenters. The third kappa shape index (κ3) is 4.88. The molecule has 2 heterocycles. The maximum absolute atomic E-state index is 12.3.